The Labute approximate surface area is 121 Å². The fourth-order valence-electron chi connectivity index (χ4n) is 3.88. The van der Waals surface area contributed by atoms with Crippen LogP contribution in [0.5, 0.6) is 0 Å². The van der Waals surface area contributed by atoms with Gasteiger partial charge in [0.1, 0.15) is 0 Å². The van der Waals surface area contributed by atoms with E-state index in [0.29, 0.717) is 6.04 Å². The van der Waals surface area contributed by atoms with Crippen LogP contribution in [0.25, 0.3) is 0 Å². The Kier molecular flexibility index (Phi) is 4.37. The van der Waals surface area contributed by atoms with E-state index in [1.54, 1.807) is 0 Å². The maximum atomic E-state index is 4.70. The fraction of sp³-hybridized carbons (Fsp3) is 0.933. The van der Waals surface area contributed by atoms with Gasteiger partial charge in [-0.3, -0.25) is 4.99 Å². The fourth-order valence-corrected chi connectivity index (χ4v) is 5.08. The first-order valence-corrected chi connectivity index (χ1v) is 8.83. The van der Waals surface area contributed by atoms with Crippen LogP contribution < -0.4 is 5.32 Å². The van der Waals surface area contributed by atoms with Gasteiger partial charge in [-0.2, -0.15) is 0 Å². The van der Waals surface area contributed by atoms with Crippen molar-refractivity contribution < 1.29 is 0 Å². The molecule has 0 spiro atoms. The van der Waals surface area contributed by atoms with E-state index in [-0.39, 0.29) is 0 Å². The Balaban J connectivity index is 1.51. The summed E-state index contributed by atoms with van der Waals surface area (Å²) in [6.07, 6.45) is 9.42. The zero-order chi connectivity index (χ0) is 13.2. The number of nitrogens with zero attached hydrogens (tertiary/aromatic N) is 2. The number of rotatable bonds is 3. The van der Waals surface area contributed by atoms with Gasteiger partial charge in [0.2, 0.25) is 0 Å². The predicted octanol–water partition coefficient (Wildman–Crippen LogP) is 2.86. The standard InChI is InChI=1S/C15H27N3S/c1-3-5-14-10-16-15(19-14)17-11-8-12-6-4-7-13(9-11)18(12)2/h11-14H,3-10H2,1-2H3,(H,16,17). The van der Waals surface area contributed by atoms with E-state index >= 15 is 0 Å². The average Bonchev–Trinajstić information content (AvgIpc) is 2.78. The smallest absolute Gasteiger partial charge is 0.157 e. The second kappa shape index (κ2) is 6.04. The van der Waals surface area contributed by atoms with Gasteiger partial charge in [-0.05, 0) is 39.2 Å². The van der Waals surface area contributed by atoms with Crippen LogP contribution in [0, 0.1) is 0 Å². The molecule has 0 saturated carbocycles. The molecule has 3 rings (SSSR count). The number of aliphatic imine (C=N–C) groups is 1. The summed E-state index contributed by atoms with van der Waals surface area (Å²) >= 11 is 1.98. The Morgan fingerprint density at radius 2 is 2.05 bits per heavy atom. The summed E-state index contributed by atoms with van der Waals surface area (Å²) in [5, 5.41) is 5.70. The van der Waals surface area contributed by atoms with Gasteiger partial charge >= 0.3 is 0 Å². The number of fused-ring (bicyclic) bond motifs is 2. The summed E-state index contributed by atoms with van der Waals surface area (Å²) < 4.78 is 0. The van der Waals surface area contributed by atoms with Crippen molar-refractivity contribution in [1.82, 2.24) is 10.2 Å². The van der Waals surface area contributed by atoms with Gasteiger partial charge in [0.25, 0.3) is 0 Å². The van der Waals surface area contributed by atoms with Crippen LogP contribution in [-0.4, -0.2) is 47.0 Å². The predicted molar refractivity (Wildman–Crippen MR) is 83.9 cm³/mol. The van der Waals surface area contributed by atoms with Crippen LogP contribution >= 0.6 is 11.8 Å². The van der Waals surface area contributed by atoms with Crippen molar-refractivity contribution in [2.24, 2.45) is 4.99 Å². The molecular weight excluding hydrogens is 254 g/mol. The van der Waals surface area contributed by atoms with Crippen molar-refractivity contribution in [3.05, 3.63) is 0 Å². The highest BCUT2D eigenvalue weighted by Gasteiger charge is 2.36. The lowest BCUT2D eigenvalue weighted by atomic mass is 9.82. The van der Waals surface area contributed by atoms with Crippen molar-refractivity contribution in [1.29, 1.82) is 0 Å². The Morgan fingerprint density at radius 3 is 2.74 bits per heavy atom. The monoisotopic (exact) mass is 281 g/mol. The van der Waals surface area contributed by atoms with Crippen molar-refractivity contribution in [2.45, 2.75) is 75.2 Å². The van der Waals surface area contributed by atoms with Crippen LogP contribution in [0.2, 0.25) is 0 Å². The summed E-state index contributed by atoms with van der Waals surface area (Å²) in [7, 11) is 2.32. The molecule has 0 radical (unpaired) electrons. The zero-order valence-corrected chi connectivity index (χ0v) is 13.1. The van der Waals surface area contributed by atoms with E-state index in [9.17, 15) is 0 Å². The molecule has 0 aromatic carbocycles. The van der Waals surface area contributed by atoms with Crippen molar-refractivity contribution in [2.75, 3.05) is 13.6 Å². The second-order valence-electron chi connectivity index (χ2n) is 6.39. The third-order valence-corrected chi connectivity index (χ3v) is 6.18. The van der Waals surface area contributed by atoms with Gasteiger partial charge in [0.15, 0.2) is 5.17 Å². The third-order valence-electron chi connectivity index (χ3n) is 4.99. The van der Waals surface area contributed by atoms with Crippen LogP contribution in [0.4, 0.5) is 0 Å². The van der Waals surface area contributed by atoms with Gasteiger partial charge in [-0.15, -0.1) is 0 Å². The average molecular weight is 281 g/mol. The SMILES string of the molecule is CCCC1CN=C(NC2CC3CCCC(C2)N3C)S1. The van der Waals surface area contributed by atoms with E-state index in [4.69, 9.17) is 4.99 Å². The molecule has 0 aromatic heterocycles. The quantitative estimate of drug-likeness (QED) is 0.862. The highest BCUT2D eigenvalue weighted by atomic mass is 32.2. The number of hydrogen-bond donors (Lipinski definition) is 1. The normalized spacial score (nSPS) is 39.2. The Bertz CT molecular complexity index is 330. The number of amidine groups is 1. The lowest BCUT2D eigenvalue weighted by molar-refractivity contribution is 0.0530. The first kappa shape index (κ1) is 13.7. The first-order valence-electron chi connectivity index (χ1n) is 7.96. The summed E-state index contributed by atoms with van der Waals surface area (Å²) in [6, 6.07) is 2.28. The molecule has 3 heterocycles. The first-order chi connectivity index (χ1) is 9.26. The zero-order valence-electron chi connectivity index (χ0n) is 12.3. The molecule has 0 amide bonds. The maximum absolute atomic E-state index is 4.70. The summed E-state index contributed by atoms with van der Waals surface area (Å²) in [5.41, 5.74) is 0. The number of hydrogen-bond acceptors (Lipinski definition) is 4. The van der Waals surface area contributed by atoms with E-state index in [2.05, 4.69) is 24.2 Å². The molecule has 3 aliphatic heterocycles. The van der Waals surface area contributed by atoms with Gasteiger partial charge in [0, 0.05) is 23.4 Å². The molecule has 19 heavy (non-hydrogen) atoms. The van der Waals surface area contributed by atoms with Crippen molar-refractivity contribution in [3.63, 3.8) is 0 Å². The van der Waals surface area contributed by atoms with E-state index in [0.717, 1.165) is 23.9 Å². The second-order valence-corrected chi connectivity index (χ2v) is 7.68. The summed E-state index contributed by atoms with van der Waals surface area (Å²) in [6.45, 7) is 3.30. The molecule has 0 aliphatic carbocycles. The molecule has 1 N–H and O–H groups in total. The van der Waals surface area contributed by atoms with E-state index in [1.807, 2.05) is 11.8 Å². The molecule has 3 nitrogen and oxygen atoms in total. The highest BCUT2D eigenvalue weighted by molar-refractivity contribution is 8.14. The Morgan fingerprint density at radius 1 is 1.32 bits per heavy atom. The summed E-state index contributed by atoms with van der Waals surface area (Å²) in [4.78, 5) is 7.33. The maximum Gasteiger partial charge on any atom is 0.157 e. The molecule has 2 bridgehead atoms. The van der Waals surface area contributed by atoms with Crippen molar-refractivity contribution >= 4 is 16.9 Å². The van der Waals surface area contributed by atoms with E-state index < -0.39 is 0 Å². The van der Waals surface area contributed by atoms with Crippen LogP contribution in [0.1, 0.15) is 51.9 Å². The molecular formula is C15H27N3S. The lowest BCUT2D eigenvalue weighted by Gasteiger charge is -2.47. The minimum atomic E-state index is 0.665. The number of piperidine rings is 2. The van der Waals surface area contributed by atoms with Gasteiger partial charge in [-0.1, -0.05) is 31.5 Å². The molecule has 108 valence electrons. The number of nitrogens with one attached hydrogen (secondary N) is 1. The molecule has 3 atom stereocenters. The molecule has 3 aliphatic rings. The largest absolute Gasteiger partial charge is 0.362 e. The van der Waals surface area contributed by atoms with Gasteiger partial charge in [-0.25, -0.2) is 0 Å². The van der Waals surface area contributed by atoms with Gasteiger partial charge < -0.3 is 10.2 Å². The molecule has 3 unspecified atom stereocenters. The van der Waals surface area contributed by atoms with Crippen molar-refractivity contribution in [3.8, 4) is 0 Å². The van der Waals surface area contributed by atoms with Crippen LogP contribution in [-0.2, 0) is 0 Å². The lowest BCUT2D eigenvalue weighted by Crippen LogP contribution is -2.55. The minimum Gasteiger partial charge on any atom is -0.362 e. The molecule has 0 aromatic rings. The van der Waals surface area contributed by atoms with Crippen LogP contribution in [0.3, 0.4) is 0 Å². The molecule has 2 saturated heterocycles. The summed E-state index contributed by atoms with van der Waals surface area (Å²) in [5.74, 6) is 0. The highest BCUT2D eigenvalue weighted by Crippen LogP contribution is 2.33. The third kappa shape index (κ3) is 3.10. The Hall–Kier alpha value is -0.220. The number of thioether (sulfide) groups is 1. The minimum absolute atomic E-state index is 0.665. The van der Waals surface area contributed by atoms with Gasteiger partial charge in [0.05, 0.1) is 6.54 Å². The van der Waals surface area contributed by atoms with E-state index in [1.165, 1.54) is 50.1 Å². The molecule has 4 heteroatoms. The van der Waals surface area contributed by atoms with Crippen LogP contribution in [0.15, 0.2) is 4.99 Å². The topological polar surface area (TPSA) is 27.6 Å². The molecule has 2 fully saturated rings.